The van der Waals surface area contributed by atoms with Crippen molar-refractivity contribution in [1.29, 1.82) is 0 Å². The second-order valence-corrected chi connectivity index (χ2v) is 17.2. The highest BCUT2D eigenvalue weighted by atomic mass is 32.2. The summed E-state index contributed by atoms with van der Waals surface area (Å²) in [5.74, 6) is 4.51. The molecule has 0 atom stereocenters. The first-order valence-electron chi connectivity index (χ1n) is 13.7. The highest BCUT2D eigenvalue weighted by molar-refractivity contribution is 7.94. The Morgan fingerprint density at radius 3 is 1.23 bits per heavy atom. The molecule has 0 N–H and O–H groups in total. The van der Waals surface area contributed by atoms with Crippen LogP contribution in [0, 0.1) is 36.5 Å². The summed E-state index contributed by atoms with van der Waals surface area (Å²) in [4.78, 5) is 22.5. The number of Topliss-reactive ketones (excluding diaryl/α,β-unsaturated/α-hetero) is 1. The van der Waals surface area contributed by atoms with E-state index < -0.39 is 29.7 Å². The average Bonchev–Trinajstić information content (AvgIpc) is 2.91. The van der Waals surface area contributed by atoms with E-state index in [1.165, 1.54) is 16.3 Å². The summed E-state index contributed by atoms with van der Waals surface area (Å²) < 4.78 is 65.7. The van der Waals surface area contributed by atoms with E-state index in [9.17, 15) is 34.8 Å². The van der Waals surface area contributed by atoms with Gasteiger partial charge in [0.15, 0.2) is 19.7 Å². The standard InChI is InChI=1S/C7H11NO.C7H10O.C6H13NO2S.C6H12O2S.C5H10O2S/c1-5-7(9)8(4)6(2)3;1-4-7(8)5-6(2)3;1-5-10(8,9)7(4)6(2)3;1-4-9(7,8)5-6(2)3;1-4-8(6,7)5(2)3/h1,6H,2-4H3;1,6H,5H2,2-3H3;5-6H,1H2,2-4H3;4,6H,1,5H2,2-3H3;4-5H,1H2,2-3H3. The third-order valence-corrected chi connectivity index (χ3v) is 10.1. The van der Waals surface area contributed by atoms with Gasteiger partial charge in [0, 0.05) is 48.8 Å². The maximum atomic E-state index is 10.9. The lowest BCUT2D eigenvalue weighted by molar-refractivity contribution is -0.125. The molecule has 0 aromatic heterocycles. The number of rotatable bonds is 11. The first kappa shape index (κ1) is 50.9. The molecule has 10 nitrogen and oxygen atoms in total. The lowest BCUT2D eigenvalue weighted by Crippen LogP contribution is -2.31. The van der Waals surface area contributed by atoms with Crippen molar-refractivity contribution < 1.29 is 34.8 Å². The zero-order valence-electron chi connectivity index (χ0n) is 28.7. The Morgan fingerprint density at radius 2 is 1.14 bits per heavy atom. The van der Waals surface area contributed by atoms with E-state index in [2.05, 4.69) is 25.7 Å². The van der Waals surface area contributed by atoms with Gasteiger partial charge in [-0.15, -0.1) is 12.8 Å². The number of sulfone groups is 2. The predicted octanol–water partition coefficient (Wildman–Crippen LogP) is 4.67. The summed E-state index contributed by atoms with van der Waals surface area (Å²) in [6.07, 6.45) is 10.2. The fourth-order valence-electron chi connectivity index (χ4n) is 1.90. The first-order chi connectivity index (χ1) is 19.7. The molecule has 44 heavy (non-hydrogen) atoms. The van der Waals surface area contributed by atoms with Gasteiger partial charge in [-0.25, -0.2) is 25.3 Å². The molecule has 0 spiro atoms. The van der Waals surface area contributed by atoms with E-state index in [1.807, 2.05) is 47.5 Å². The average molecular weight is 681 g/mol. The number of carbonyl (C=O) groups is 2. The van der Waals surface area contributed by atoms with Gasteiger partial charge in [-0.1, -0.05) is 47.4 Å². The van der Waals surface area contributed by atoms with Gasteiger partial charge in [-0.05, 0) is 65.2 Å². The maximum Gasteiger partial charge on any atom is 0.298 e. The third kappa shape index (κ3) is 30.7. The molecule has 256 valence electrons. The van der Waals surface area contributed by atoms with Crippen LogP contribution in [0.2, 0.25) is 0 Å². The van der Waals surface area contributed by atoms with Crippen LogP contribution in [0.3, 0.4) is 0 Å². The van der Waals surface area contributed by atoms with Crippen LogP contribution in [0.15, 0.2) is 36.0 Å². The molecular weight excluding hydrogens is 625 g/mol. The van der Waals surface area contributed by atoms with E-state index in [0.717, 1.165) is 16.2 Å². The van der Waals surface area contributed by atoms with Gasteiger partial charge in [0.1, 0.15) is 0 Å². The van der Waals surface area contributed by atoms with Crippen LogP contribution in [0.1, 0.15) is 75.7 Å². The molecule has 1 amide bonds. The summed E-state index contributed by atoms with van der Waals surface area (Å²) in [5.41, 5.74) is 0. The number of ketones is 1. The van der Waals surface area contributed by atoms with Crippen LogP contribution in [0.5, 0.6) is 0 Å². The molecule has 0 saturated carbocycles. The van der Waals surface area contributed by atoms with Gasteiger partial charge >= 0.3 is 0 Å². The van der Waals surface area contributed by atoms with Crippen LogP contribution in [-0.4, -0.2) is 83.3 Å². The lowest BCUT2D eigenvalue weighted by atomic mass is 10.1. The van der Waals surface area contributed by atoms with Gasteiger partial charge in [0.05, 0.1) is 11.0 Å². The van der Waals surface area contributed by atoms with Crippen LogP contribution in [-0.2, 0) is 39.3 Å². The fourth-order valence-corrected chi connectivity index (χ4v) is 4.18. The molecule has 0 aliphatic heterocycles. The molecule has 0 fully saturated rings. The minimum absolute atomic E-state index is 0.0111. The second-order valence-electron chi connectivity index (χ2n) is 10.8. The molecule has 0 aromatic rings. The third-order valence-electron chi connectivity index (χ3n) is 5.02. The normalized spacial score (nSPS) is 10.8. The molecule has 13 heteroatoms. The summed E-state index contributed by atoms with van der Waals surface area (Å²) >= 11 is 0. The molecule has 0 aliphatic rings. The Kier molecular flexibility index (Phi) is 29.6. The minimum atomic E-state index is -3.20. The van der Waals surface area contributed by atoms with Crippen molar-refractivity contribution in [2.24, 2.45) is 11.8 Å². The van der Waals surface area contributed by atoms with E-state index in [4.69, 9.17) is 12.8 Å². The number of hydrogen-bond acceptors (Lipinski definition) is 8. The quantitative estimate of drug-likeness (QED) is 0.226. The number of terminal acetylenes is 2. The van der Waals surface area contributed by atoms with E-state index in [0.29, 0.717) is 12.3 Å². The van der Waals surface area contributed by atoms with Crippen LogP contribution in [0.25, 0.3) is 0 Å². The van der Waals surface area contributed by atoms with Crippen LogP contribution < -0.4 is 0 Å². The smallest absolute Gasteiger partial charge is 0.298 e. The zero-order chi connectivity index (χ0) is 36.6. The van der Waals surface area contributed by atoms with Crippen LogP contribution >= 0.6 is 0 Å². The Labute approximate surface area is 269 Å². The molecule has 0 aliphatic carbocycles. The van der Waals surface area contributed by atoms with Gasteiger partial charge in [0.2, 0.25) is 15.8 Å². The number of amides is 1. The molecule has 0 radical (unpaired) electrons. The van der Waals surface area contributed by atoms with E-state index in [-0.39, 0.29) is 40.7 Å². The Hall–Kier alpha value is -2.71. The Balaban J connectivity index is -0.000000144. The van der Waals surface area contributed by atoms with Gasteiger partial charge < -0.3 is 4.90 Å². The summed E-state index contributed by atoms with van der Waals surface area (Å²) in [6, 6.07) is 0.177. The Bertz CT molecular complexity index is 1280. The highest BCUT2D eigenvalue weighted by Crippen LogP contribution is 2.03. The molecular formula is C31H56N2O8S3. The van der Waals surface area contributed by atoms with Crippen molar-refractivity contribution >= 4 is 41.4 Å². The van der Waals surface area contributed by atoms with Gasteiger partial charge in [0.25, 0.3) is 5.91 Å². The van der Waals surface area contributed by atoms with Crippen molar-refractivity contribution in [3.05, 3.63) is 36.0 Å². The van der Waals surface area contributed by atoms with Crippen molar-refractivity contribution in [1.82, 2.24) is 9.21 Å². The predicted molar refractivity (Wildman–Crippen MR) is 185 cm³/mol. The van der Waals surface area contributed by atoms with E-state index in [1.54, 1.807) is 34.7 Å². The van der Waals surface area contributed by atoms with Crippen molar-refractivity contribution in [3.63, 3.8) is 0 Å². The van der Waals surface area contributed by atoms with Crippen molar-refractivity contribution in [2.45, 2.75) is 93.0 Å². The number of nitrogens with zero attached hydrogens (tertiary/aromatic N) is 2. The SMILES string of the molecule is C#CC(=O)CC(C)C.C#CC(=O)N(C)C(C)C.C=CS(=O)(=O)C(C)C.C=CS(=O)(=O)CC(C)C.C=CS(=O)(=O)N(C)C(C)C. The largest absolute Gasteiger partial charge is 0.333 e. The number of sulfonamides is 1. The molecule has 0 unspecified atom stereocenters. The molecule has 0 aromatic carbocycles. The lowest BCUT2D eigenvalue weighted by Gasteiger charge is -2.17. The zero-order valence-corrected chi connectivity index (χ0v) is 31.1. The molecule has 0 rings (SSSR count). The molecule has 0 bridgehead atoms. The minimum Gasteiger partial charge on any atom is -0.333 e. The van der Waals surface area contributed by atoms with Crippen molar-refractivity contribution in [2.75, 3.05) is 19.8 Å². The monoisotopic (exact) mass is 680 g/mol. The Morgan fingerprint density at radius 1 is 0.705 bits per heavy atom. The number of carbonyl (C=O) groups excluding carboxylic acids is 2. The highest BCUT2D eigenvalue weighted by Gasteiger charge is 2.15. The van der Waals surface area contributed by atoms with Crippen molar-refractivity contribution in [3.8, 4) is 24.7 Å². The summed E-state index contributed by atoms with van der Waals surface area (Å²) in [6.45, 7) is 27.9. The van der Waals surface area contributed by atoms with Gasteiger partial charge in [-0.3, -0.25) is 9.59 Å². The topological polar surface area (TPSA) is 143 Å². The summed E-state index contributed by atoms with van der Waals surface area (Å²) in [5, 5.41) is 2.61. The van der Waals surface area contributed by atoms with Crippen LogP contribution in [0.4, 0.5) is 0 Å². The first-order valence-corrected chi connectivity index (χ1v) is 18.5. The fraction of sp³-hybridized carbons (Fsp3) is 0.613. The van der Waals surface area contributed by atoms with E-state index >= 15 is 0 Å². The maximum absolute atomic E-state index is 10.9. The second kappa shape index (κ2) is 25.6. The van der Waals surface area contributed by atoms with Gasteiger partial charge in [-0.2, -0.15) is 4.31 Å². The molecule has 0 saturated heterocycles. The molecule has 0 heterocycles. The number of hydrogen-bond donors (Lipinski definition) is 0. The summed E-state index contributed by atoms with van der Waals surface area (Å²) in [7, 11) is -5.91.